The Kier molecular flexibility index (Phi) is 12.7. The first kappa shape index (κ1) is 36.1. The van der Waals surface area contributed by atoms with Crippen LogP contribution in [0, 0.1) is 0 Å². The number of aliphatic hydroxyl groups excluding tert-OH is 1. The molecule has 0 bridgehead atoms. The topological polar surface area (TPSA) is 137 Å². The molecule has 0 aliphatic rings. The number of hydrogen-bond acceptors (Lipinski definition) is 7. The molecule has 0 saturated carbocycles. The van der Waals surface area contributed by atoms with Crippen LogP contribution in [0.15, 0.2) is 103 Å². The van der Waals surface area contributed by atoms with E-state index in [1.54, 1.807) is 7.11 Å². The highest BCUT2D eigenvalue weighted by Gasteiger charge is 2.25. The summed E-state index contributed by atoms with van der Waals surface area (Å²) in [5, 5.41) is 20.5. The lowest BCUT2D eigenvalue weighted by atomic mass is 10.00. The van der Waals surface area contributed by atoms with Gasteiger partial charge >= 0.3 is 0 Å². The quantitative estimate of drug-likeness (QED) is 0.132. The largest absolute Gasteiger partial charge is 0.496 e. The summed E-state index contributed by atoms with van der Waals surface area (Å²) in [6.07, 6.45) is 1.10. The van der Waals surface area contributed by atoms with Crippen LogP contribution in [-0.2, 0) is 22.9 Å². The molecule has 3 atom stereocenters. The van der Waals surface area contributed by atoms with Crippen LogP contribution < -0.4 is 25.0 Å². The second-order valence-electron chi connectivity index (χ2n) is 11.7. The van der Waals surface area contributed by atoms with Gasteiger partial charge in [0.05, 0.1) is 37.2 Å². The fourth-order valence-corrected chi connectivity index (χ4v) is 5.77. The summed E-state index contributed by atoms with van der Waals surface area (Å²) in [6.45, 7) is 2.62. The summed E-state index contributed by atoms with van der Waals surface area (Å²) in [5.74, 6) is -0.234. The van der Waals surface area contributed by atoms with Gasteiger partial charge in [0.2, 0.25) is 10.0 Å². The van der Waals surface area contributed by atoms with E-state index < -0.39 is 34.0 Å². The molecule has 11 heteroatoms. The number of benzene rings is 4. The van der Waals surface area contributed by atoms with Gasteiger partial charge < -0.3 is 25.8 Å². The third-order valence-corrected chi connectivity index (χ3v) is 9.35. The zero-order valence-corrected chi connectivity index (χ0v) is 28.5. The van der Waals surface area contributed by atoms with Gasteiger partial charge in [0.1, 0.15) is 5.75 Å². The minimum atomic E-state index is -3.71. The van der Waals surface area contributed by atoms with E-state index in [1.807, 2.05) is 91.9 Å². The van der Waals surface area contributed by atoms with Gasteiger partial charge in [-0.25, -0.2) is 8.42 Å². The molecule has 0 aliphatic carbocycles. The summed E-state index contributed by atoms with van der Waals surface area (Å²) in [7, 11) is -0.720. The molecule has 0 spiro atoms. The highest BCUT2D eigenvalue weighted by Crippen LogP contribution is 2.23. The Morgan fingerprint density at radius 1 is 0.854 bits per heavy atom. The number of sulfonamides is 1. The third kappa shape index (κ3) is 10.1. The van der Waals surface area contributed by atoms with Crippen LogP contribution in [0.25, 0.3) is 0 Å². The van der Waals surface area contributed by atoms with Gasteiger partial charge in [0, 0.05) is 24.7 Å². The van der Waals surface area contributed by atoms with Gasteiger partial charge in [-0.05, 0) is 67.3 Å². The van der Waals surface area contributed by atoms with Crippen LogP contribution in [-0.4, -0.2) is 71.0 Å². The maximum absolute atomic E-state index is 13.8. The molecule has 4 rings (SSSR count). The van der Waals surface area contributed by atoms with Gasteiger partial charge in [-0.1, -0.05) is 78.9 Å². The highest BCUT2D eigenvalue weighted by molar-refractivity contribution is 7.92. The second kappa shape index (κ2) is 16.9. The number of carbonyl (C=O) groups is 2. The first-order valence-electron chi connectivity index (χ1n) is 15.8. The highest BCUT2D eigenvalue weighted by atomic mass is 32.2. The zero-order valence-electron chi connectivity index (χ0n) is 27.7. The SMILES string of the molecule is COc1ccccc1CCNC[C@@H](O)[C@H](Cc1ccccc1)NC(=O)c1cc(C(=O)N[C@H](C)c2ccccc2)cc(N(C)S(C)(=O)=O)c1. The van der Waals surface area contributed by atoms with Gasteiger partial charge in [0.15, 0.2) is 0 Å². The number of methoxy groups -OCH3 is 1. The molecule has 0 aliphatic heterocycles. The monoisotopic (exact) mass is 672 g/mol. The molecular formula is C37H44N4O6S. The van der Waals surface area contributed by atoms with Crippen molar-refractivity contribution in [1.82, 2.24) is 16.0 Å². The summed E-state index contributed by atoms with van der Waals surface area (Å²) in [5.41, 5.74) is 3.19. The molecular weight excluding hydrogens is 628 g/mol. The molecule has 0 saturated heterocycles. The van der Waals surface area contributed by atoms with Crippen molar-refractivity contribution >= 4 is 27.5 Å². The number of carbonyl (C=O) groups excluding carboxylic acids is 2. The average molecular weight is 673 g/mol. The summed E-state index contributed by atoms with van der Waals surface area (Å²) in [6, 6.07) is 29.9. The Bertz CT molecular complexity index is 1770. The molecule has 0 radical (unpaired) electrons. The number of aliphatic hydroxyl groups is 1. The van der Waals surface area contributed by atoms with Crippen molar-refractivity contribution in [3.05, 3.63) is 131 Å². The zero-order chi connectivity index (χ0) is 34.7. The fourth-order valence-electron chi connectivity index (χ4n) is 5.28. The predicted octanol–water partition coefficient (Wildman–Crippen LogP) is 4.12. The lowest BCUT2D eigenvalue weighted by Gasteiger charge is -2.26. The number of rotatable bonds is 16. The molecule has 4 aromatic carbocycles. The van der Waals surface area contributed by atoms with Crippen molar-refractivity contribution in [2.75, 3.05) is 37.8 Å². The Balaban J connectivity index is 1.55. The first-order chi connectivity index (χ1) is 23.0. The number of nitrogens with zero attached hydrogens (tertiary/aromatic N) is 1. The molecule has 4 N–H and O–H groups in total. The molecule has 10 nitrogen and oxygen atoms in total. The van der Waals surface area contributed by atoms with Crippen LogP contribution in [0.1, 0.15) is 50.4 Å². The molecule has 254 valence electrons. The normalized spacial score (nSPS) is 13.2. The van der Waals surface area contributed by atoms with Crippen LogP contribution in [0.3, 0.4) is 0 Å². The van der Waals surface area contributed by atoms with Crippen molar-refractivity contribution in [3.8, 4) is 5.75 Å². The van der Waals surface area contributed by atoms with Crippen LogP contribution in [0.4, 0.5) is 5.69 Å². The number of hydrogen-bond donors (Lipinski definition) is 4. The molecule has 0 aromatic heterocycles. The number of para-hydroxylation sites is 1. The van der Waals surface area contributed by atoms with Crippen LogP contribution in [0.5, 0.6) is 5.75 Å². The van der Waals surface area contributed by atoms with Crippen LogP contribution in [0.2, 0.25) is 0 Å². The maximum atomic E-state index is 13.8. The van der Waals surface area contributed by atoms with E-state index in [9.17, 15) is 23.1 Å². The smallest absolute Gasteiger partial charge is 0.251 e. The third-order valence-electron chi connectivity index (χ3n) is 8.15. The Hall–Kier alpha value is -4.71. The maximum Gasteiger partial charge on any atom is 0.251 e. The van der Waals surface area contributed by atoms with E-state index in [0.29, 0.717) is 19.4 Å². The number of nitrogens with one attached hydrogen (secondary N) is 3. The minimum Gasteiger partial charge on any atom is -0.496 e. The molecule has 2 amide bonds. The number of ether oxygens (including phenoxy) is 1. The van der Waals surface area contributed by atoms with E-state index in [1.165, 1.54) is 25.2 Å². The Morgan fingerprint density at radius 3 is 2.06 bits per heavy atom. The first-order valence-corrected chi connectivity index (χ1v) is 17.6. The minimum absolute atomic E-state index is 0.0786. The van der Waals surface area contributed by atoms with Gasteiger partial charge in [-0.2, -0.15) is 0 Å². The van der Waals surface area contributed by atoms with Gasteiger partial charge in [0.25, 0.3) is 11.8 Å². The summed E-state index contributed by atoms with van der Waals surface area (Å²) >= 11 is 0. The van der Waals surface area contributed by atoms with E-state index in [-0.39, 0.29) is 29.4 Å². The van der Waals surface area contributed by atoms with Gasteiger partial charge in [-0.3, -0.25) is 13.9 Å². The molecule has 4 aromatic rings. The van der Waals surface area contributed by atoms with Crippen molar-refractivity contribution in [3.63, 3.8) is 0 Å². The lowest BCUT2D eigenvalue weighted by Crippen LogP contribution is -2.49. The molecule has 0 fully saturated rings. The van der Waals surface area contributed by atoms with Crippen LogP contribution >= 0.6 is 0 Å². The second-order valence-corrected chi connectivity index (χ2v) is 13.7. The van der Waals surface area contributed by atoms with E-state index in [2.05, 4.69) is 16.0 Å². The van der Waals surface area contributed by atoms with E-state index in [0.717, 1.165) is 33.0 Å². The summed E-state index contributed by atoms with van der Waals surface area (Å²) in [4.78, 5) is 27.2. The van der Waals surface area contributed by atoms with Crippen molar-refractivity contribution < 1.29 is 27.9 Å². The molecule has 0 unspecified atom stereocenters. The number of amides is 2. The van der Waals surface area contributed by atoms with E-state index >= 15 is 0 Å². The standard InChI is InChI=1S/C37H44N4O6S/c1-26(28-15-9-6-10-16-28)39-36(43)30-22-31(24-32(23-30)41(2)48(4,45)46)37(44)40-33(21-27-13-7-5-8-14-27)34(42)25-38-20-19-29-17-11-12-18-35(29)47-3/h5-18,22-24,26,33-34,38,42H,19-21,25H2,1-4H3,(H,39,43)(H,40,44)/t26-,33+,34-/m1/s1. The van der Waals surface area contributed by atoms with Crippen molar-refractivity contribution in [2.24, 2.45) is 0 Å². The Labute approximate surface area is 283 Å². The fraction of sp³-hybridized carbons (Fsp3) is 0.297. The predicted molar refractivity (Wildman–Crippen MR) is 189 cm³/mol. The molecule has 0 heterocycles. The van der Waals surface area contributed by atoms with E-state index in [4.69, 9.17) is 4.74 Å². The summed E-state index contributed by atoms with van der Waals surface area (Å²) < 4.78 is 31.4. The van der Waals surface area contributed by atoms with Gasteiger partial charge in [-0.15, -0.1) is 0 Å². The lowest BCUT2D eigenvalue weighted by molar-refractivity contribution is 0.0831. The van der Waals surface area contributed by atoms with Crippen molar-refractivity contribution in [2.45, 2.75) is 38.0 Å². The number of anilines is 1. The average Bonchev–Trinajstić information content (AvgIpc) is 3.09. The molecule has 48 heavy (non-hydrogen) atoms. The van der Waals surface area contributed by atoms with Crippen molar-refractivity contribution in [1.29, 1.82) is 0 Å². The Morgan fingerprint density at radius 2 is 1.44 bits per heavy atom.